The largest absolute Gasteiger partial charge is 2.00 e. The van der Waals surface area contributed by atoms with Crippen LogP contribution in [0, 0.1) is 17.5 Å². The molecule has 46 valence electrons. The number of pyridine rings is 1. The van der Waals surface area contributed by atoms with E-state index >= 15 is 0 Å². The van der Waals surface area contributed by atoms with Crippen molar-refractivity contribution in [1.82, 2.24) is 4.98 Å². The summed E-state index contributed by atoms with van der Waals surface area (Å²) in [5, 5.41) is 8.23. The fraction of sp³-hybridized carbons (Fsp3) is 0. The Balaban J connectivity index is 0. The zero-order valence-electron chi connectivity index (χ0n) is 5.21. The Morgan fingerprint density at radius 3 is 2.60 bits per heavy atom. The van der Waals surface area contributed by atoms with E-state index in [1.54, 1.807) is 12.1 Å². The molecule has 0 saturated carbocycles. The number of aromatic nitrogens is 1. The van der Waals surface area contributed by atoms with Gasteiger partial charge < -0.3 is 17.4 Å². The molecule has 1 heterocycles. The van der Waals surface area contributed by atoms with Crippen LogP contribution in [0.3, 0.4) is 0 Å². The molecule has 0 N–H and O–H groups in total. The Morgan fingerprint density at radius 2 is 2.30 bits per heavy atom. The van der Waals surface area contributed by atoms with Gasteiger partial charge in [-0.1, -0.05) is 12.4 Å². The minimum absolute atomic E-state index is 0. The van der Waals surface area contributed by atoms with Crippen LogP contribution in [0.5, 0.6) is 0 Å². The van der Waals surface area contributed by atoms with Crippen LogP contribution >= 0.6 is 0 Å². The molecule has 0 aromatic carbocycles. The van der Waals surface area contributed by atoms with Crippen molar-refractivity contribution in [2.45, 2.75) is 0 Å². The van der Waals surface area contributed by atoms with Gasteiger partial charge in [0.2, 0.25) is 0 Å². The van der Waals surface area contributed by atoms with E-state index in [0.29, 0.717) is 5.56 Å². The predicted octanol–water partition coefficient (Wildman–Crippen LogP) is -2.62. The maximum atomic E-state index is 8.23. The summed E-state index contributed by atoms with van der Waals surface area (Å²) in [5.74, 6) is 0. The number of hydrogen-bond donors (Lipinski definition) is 0. The molecule has 0 fully saturated rings. The molecule has 0 aliphatic carbocycles. The van der Waals surface area contributed by atoms with Crippen LogP contribution in [-0.2, 0) is 0 Å². The summed E-state index contributed by atoms with van der Waals surface area (Å²) in [6.45, 7) is 0. The second kappa shape index (κ2) is 6.81. The quantitative estimate of drug-likeness (QED) is 0.310. The third kappa shape index (κ3) is 3.67. The summed E-state index contributed by atoms with van der Waals surface area (Å²) in [6.07, 6.45) is 4.04. The molecule has 0 bridgehead atoms. The third-order valence-corrected chi connectivity index (χ3v) is 0.745. The fourth-order valence-corrected chi connectivity index (χ4v) is 0.386. The van der Waals surface area contributed by atoms with Gasteiger partial charge in [0.15, 0.2) is 0 Å². The monoisotopic (exact) mass is 162 g/mol. The molecule has 10 heavy (non-hydrogen) atoms. The molecule has 1 rings (SSSR count). The molecule has 0 aliphatic rings. The van der Waals surface area contributed by atoms with Crippen LogP contribution in [-0.4, -0.2) is 28.0 Å². The molecule has 0 unspecified atom stereocenters. The van der Waals surface area contributed by atoms with E-state index in [1.165, 1.54) is 6.20 Å². The first-order valence-electron chi connectivity index (χ1n) is 2.15. The van der Waals surface area contributed by atoms with Crippen molar-refractivity contribution in [2.24, 2.45) is 0 Å². The van der Waals surface area contributed by atoms with Crippen molar-refractivity contribution in [3.63, 3.8) is 0 Å². The van der Waals surface area contributed by atoms with E-state index < -0.39 is 0 Å². The molecule has 1 aromatic rings. The molecule has 0 radical (unpaired) electrons. The van der Waals surface area contributed by atoms with Crippen LogP contribution in [0.25, 0.3) is 0 Å². The molecule has 4 heteroatoms. The maximum Gasteiger partial charge on any atom is 2.00 e. The standard InChI is InChI=1S/C6H3N2.ClH.Mg/c7-4-6-2-1-3-8-5-6;;/h1-2,5H;1H;/q-1;;+2/p-1. The first-order valence-corrected chi connectivity index (χ1v) is 2.15. The molecule has 0 atom stereocenters. The Labute approximate surface area is 81.8 Å². The molecule has 0 amide bonds. The number of hydrogen-bond acceptors (Lipinski definition) is 2. The molecular weight excluding hydrogens is 160 g/mol. The Kier molecular flexibility index (Phi) is 8.43. The predicted molar refractivity (Wildman–Crippen MR) is 33.5 cm³/mol. The van der Waals surface area contributed by atoms with Gasteiger partial charge in [0.25, 0.3) is 0 Å². The summed E-state index contributed by atoms with van der Waals surface area (Å²) in [5.41, 5.74) is 0.573. The van der Waals surface area contributed by atoms with Crippen LogP contribution < -0.4 is 12.4 Å². The number of nitrogens with zero attached hydrogens (tertiary/aromatic N) is 2. The Morgan fingerprint density at radius 1 is 1.60 bits per heavy atom. The fourth-order valence-electron chi connectivity index (χ4n) is 0.386. The average molecular weight is 163 g/mol. The summed E-state index contributed by atoms with van der Waals surface area (Å²) in [6, 6.07) is 5.21. The van der Waals surface area contributed by atoms with E-state index in [4.69, 9.17) is 5.26 Å². The van der Waals surface area contributed by atoms with Crippen molar-refractivity contribution in [1.29, 1.82) is 5.26 Å². The molecule has 0 aliphatic heterocycles. The van der Waals surface area contributed by atoms with Gasteiger partial charge in [-0.15, -0.1) is 0 Å². The van der Waals surface area contributed by atoms with Crippen LogP contribution in [0.15, 0.2) is 18.3 Å². The van der Waals surface area contributed by atoms with Crippen LogP contribution in [0.1, 0.15) is 5.56 Å². The maximum absolute atomic E-state index is 8.23. The summed E-state index contributed by atoms with van der Waals surface area (Å²) < 4.78 is 0. The second-order valence-corrected chi connectivity index (χ2v) is 1.29. The van der Waals surface area contributed by atoms with Gasteiger partial charge in [-0.25, -0.2) is 0 Å². The molecule has 2 nitrogen and oxygen atoms in total. The van der Waals surface area contributed by atoms with E-state index in [2.05, 4.69) is 11.2 Å². The second-order valence-electron chi connectivity index (χ2n) is 1.29. The molecular formula is C6H3ClMgN2. The van der Waals surface area contributed by atoms with E-state index in [1.807, 2.05) is 6.07 Å². The average Bonchev–Trinajstić information content (AvgIpc) is 1.90. The van der Waals surface area contributed by atoms with Gasteiger partial charge in [-0.05, 0) is 5.56 Å². The molecule has 0 spiro atoms. The topological polar surface area (TPSA) is 36.7 Å². The third-order valence-electron chi connectivity index (χ3n) is 0.745. The Bertz CT molecular complexity index is 207. The molecule has 0 saturated heterocycles. The van der Waals surface area contributed by atoms with Crippen molar-refractivity contribution >= 4 is 23.1 Å². The summed E-state index contributed by atoms with van der Waals surface area (Å²) in [7, 11) is 0. The van der Waals surface area contributed by atoms with Crippen LogP contribution in [0.2, 0.25) is 0 Å². The minimum Gasteiger partial charge on any atom is -1.00 e. The van der Waals surface area contributed by atoms with Gasteiger partial charge >= 0.3 is 23.1 Å². The van der Waals surface area contributed by atoms with E-state index in [-0.39, 0.29) is 35.5 Å². The number of halogens is 1. The zero-order chi connectivity index (χ0) is 5.82. The van der Waals surface area contributed by atoms with Gasteiger partial charge in [0.05, 0.1) is 6.07 Å². The van der Waals surface area contributed by atoms with Crippen molar-refractivity contribution in [2.75, 3.05) is 0 Å². The van der Waals surface area contributed by atoms with E-state index in [0.717, 1.165) is 0 Å². The Hall–Kier alpha value is -0.304. The first kappa shape index (κ1) is 12.4. The van der Waals surface area contributed by atoms with Gasteiger partial charge in [0, 0.05) is 0 Å². The van der Waals surface area contributed by atoms with Crippen molar-refractivity contribution in [3.8, 4) is 6.07 Å². The van der Waals surface area contributed by atoms with Crippen LogP contribution in [0.4, 0.5) is 0 Å². The van der Waals surface area contributed by atoms with E-state index in [9.17, 15) is 0 Å². The number of nitriles is 1. The molecule has 1 aromatic heterocycles. The zero-order valence-corrected chi connectivity index (χ0v) is 7.38. The normalized spacial score (nSPS) is 6.30. The van der Waals surface area contributed by atoms with Crippen molar-refractivity contribution in [3.05, 3.63) is 30.1 Å². The number of rotatable bonds is 0. The SMILES string of the molecule is N#Cc1cc[c-]nc1.[Cl-].[Mg+2]. The first-order chi connectivity index (χ1) is 3.93. The van der Waals surface area contributed by atoms with Crippen molar-refractivity contribution < 1.29 is 12.4 Å². The minimum atomic E-state index is 0. The summed E-state index contributed by atoms with van der Waals surface area (Å²) in [4.78, 5) is 3.61. The van der Waals surface area contributed by atoms with Gasteiger partial charge in [-0.2, -0.15) is 17.4 Å². The van der Waals surface area contributed by atoms with Gasteiger partial charge in [-0.3, -0.25) is 0 Å². The van der Waals surface area contributed by atoms with Gasteiger partial charge in [0.1, 0.15) is 0 Å². The smallest absolute Gasteiger partial charge is 1.00 e. The summed E-state index contributed by atoms with van der Waals surface area (Å²) >= 11 is 0.